The summed E-state index contributed by atoms with van der Waals surface area (Å²) in [6, 6.07) is 6.33. The van der Waals surface area contributed by atoms with Gasteiger partial charge in [0.05, 0.1) is 16.7 Å². The molecular formula is C14H10N2O4. The molecule has 1 aliphatic rings. The molecule has 1 aromatic carbocycles. The Bertz CT molecular complexity index is 697. The Morgan fingerprint density at radius 3 is 2.20 bits per heavy atom. The molecule has 0 radical (unpaired) electrons. The van der Waals surface area contributed by atoms with Crippen LogP contribution in [0.2, 0.25) is 0 Å². The number of H-pyrrole nitrogens is 1. The van der Waals surface area contributed by atoms with Crippen LogP contribution in [0.15, 0.2) is 36.7 Å². The van der Waals surface area contributed by atoms with Gasteiger partial charge < -0.3 is 9.82 Å². The van der Waals surface area contributed by atoms with Gasteiger partial charge in [0.1, 0.15) is 0 Å². The third-order valence-corrected chi connectivity index (χ3v) is 3.10. The van der Waals surface area contributed by atoms with Crippen LogP contribution in [-0.2, 0) is 4.84 Å². The van der Waals surface area contributed by atoms with E-state index in [1.54, 1.807) is 25.3 Å². The standard InChI is InChI=1S/C14H10N2O4/c1-8-6-15-7-11(8)14(19)20-16-12(17)9-4-2-3-5-10(9)13(16)18/h2-7,15H,1H3. The molecule has 0 unspecified atom stereocenters. The van der Waals surface area contributed by atoms with Crippen LogP contribution in [0.5, 0.6) is 0 Å². The predicted molar refractivity (Wildman–Crippen MR) is 67.9 cm³/mol. The number of rotatable bonds is 2. The Labute approximate surface area is 113 Å². The lowest BCUT2D eigenvalue weighted by Gasteiger charge is -2.12. The zero-order chi connectivity index (χ0) is 14.3. The average Bonchev–Trinajstić information content (AvgIpc) is 2.97. The van der Waals surface area contributed by atoms with Gasteiger partial charge in [-0.15, -0.1) is 0 Å². The van der Waals surface area contributed by atoms with Crippen molar-refractivity contribution in [1.82, 2.24) is 10.0 Å². The Morgan fingerprint density at radius 2 is 1.70 bits per heavy atom. The van der Waals surface area contributed by atoms with Crippen molar-refractivity contribution in [2.45, 2.75) is 6.92 Å². The Kier molecular flexibility index (Phi) is 2.64. The number of nitrogens with one attached hydrogen (secondary N) is 1. The molecular weight excluding hydrogens is 260 g/mol. The van der Waals surface area contributed by atoms with Gasteiger partial charge in [-0.2, -0.15) is 0 Å². The summed E-state index contributed by atoms with van der Waals surface area (Å²) in [5, 5.41) is 0.499. The molecule has 20 heavy (non-hydrogen) atoms. The van der Waals surface area contributed by atoms with Crippen LogP contribution >= 0.6 is 0 Å². The molecule has 3 rings (SSSR count). The first-order valence-corrected chi connectivity index (χ1v) is 5.93. The molecule has 6 heteroatoms. The van der Waals surface area contributed by atoms with Crippen LogP contribution in [0.4, 0.5) is 0 Å². The molecule has 100 valence electrons. The second kappa shape index (κ2) is 4.34. The van der Waals surface area contributed by atoms with Gasteiger partial charge in [-0.05, 0) is 24.6 Å². The summed E-state index contributed by atoms with van der Waals surface area (Å²) in [5.41, 5.74) is 1.42. The van der Waals surface area contributed by atoms with Crippen LogP contribution in [0.3, 0.4) is 0 Å². The van der Waals surface area contributed by atoms with Gasteiger partial charge in [0.25, 0.3) is 11.8 Å². The number of benzene rings is 1. The monoisotopic (exact) mass is 270 g/mol. The molecule has 0 fully saturated rings. The van der Waals surface area contributed by atoms with Crippen molar-refractivity contribution in [3.05, 3.63) is 58.9 Å². The Morgan fingerprint density at radius 1 is 1.10 bits per heavy atom. The van der Waals surface area contributed by atoms with Gasteiger partial charge >= 0.3 is 5.97 Å². The maximum absolute atomic E-state index is 12.0. The molecule has 6 nitrogen and oxygen atoms in total. The summed E-state index contributed by atoms with van der Waals surface area (Å²) < 4.78 is 0. The van der Waals surface area contributed by atoms with E-state index in [1.165, 1.54) is 18.3 Å². The molecule has 0 spiro atoms. The molecule has 0 aliphatic carbocycles. The minimum absolute atomic E-state index is 0.232. The summed E-state index contributed by atoms with van der Waals surface area (Å²) in [6.45, 7) is 1.72. The normalized spacial score (nSPS) is 13.6. The van der Waals surface area contributed by atoms with Crippen LogP contribution in [0.1, 0.15) is 36.6 Å². The van der Waals surface area contributed by atoms with Crippen molar-refractivity contribution >= 4 is 17.8 Å². The van der Waals surface area contributed by atoms with Gasteiger partial charge in [-0.1, -0.05) is 17.2 Å². The van der Waals surface area contributed by atoms with E-state index in [0.29, 0.717) is 10.6 Å². The zero-order valence-electron chi connectivity index (χ0n) is 10.5. The van der Waals surface area contributed by atoms with Gasteiger partial charge in [0.2, 0.25) is 0 Å². The van der Waals surface area contributed by atoms with E-state index in [9.17, 15) is 14.4 Å². The number of carbonyl (C=O) groups is 3. The molecule has 0 bridgehead atoms. The number of hydrogen-bond acceptors (Lipinski definition) is 4. The number of fused-ring (bicyclic) bond motifs is 1. The maximum atomic E-state index is 12.0. The minimum atomic E-state index is -0.752. The zero-order valence-corrected chi connectivity index (χ0v) is 10.5. The van der Waals surface area contributed by atoms with Gasteiger partial charge in [-0.3, -0.25) is 9.59 Å². The summed E-state index contributed by atoms with van der Waals surface area (Å²) in [5.74, 6) is -2.02. The molecule has 1 aromatic heterocycles. The molecule has 0 saturated carbocycles. The molecule has 2 amide bonds. The second-order valence-corrected chi connectivity index (χ2v) is 4.38. The van der Waals surface area contributed by atoms with Crippen molar-refractivity contribution in [2.24, 2.45) is 0 Å². The van der Waals surface area contributed by atoms with E-state index in [-0.39, 0.29) is 16.7 Å². The maximum Gasteiger partial charge on any atom is 0.365 e. The highest BCUT2D eigenvalue weighted by molar-refractivity contribution is 6.21. The highest BCUT2D eigenvalue weighted by Gasteiger charge is 2.38. The lowest BCUT2D eigenvalue weighted by molar-refractivity contribution is -0.0584. The first-order valence-electron chi connectivity index (χ1n) is 5.93. The number of imide groups is 1. The van der Waals surface area contributed by atoms with Crippen molar-refractivity contribution in [2.75, 3.05) is 0 Å². The smallest absolute Gasteiger partial charge is 0.365 e. The molecule has 0 atom stereocenters. The first-order chi connectivity index (χ1) is 9.59. The van der Waals surface area contributed by atoms with Crippen molar-refractivity contribution in [3.8, 4) is 0 Å². The molecule has 0 saturated heterocycles. The Balaban J connectivity index is 1.87. The fourth-order valence-electron chi connectivity index (χ4n) is 2.04. The third-order valence-electron chi connectivity index (χ3n) is 3.10. The van der Waals surface area contributed by atoms with E-state index in [2.05, 4.69) is 4.98 Å². The minimum Gasteiger partial charge on any atom is -0.367 e. The van der Waals surface area contributed by atoms with Crippen molar-refractivity contribution in [3.63, 3.8) is 0 Å². The Hall–Kier alpha value is -2.89. The SMILES string of the molecule is Cc1c[nH]cc1C(=O)ON1C(=O)c2ccccc2C1=O. The number of hydroxylamine groups is 2. The number of aromatic amines is 1. The summed E-state index contributed by atoms with van der Waals surface area (Å²) in [4.78, 5) is 43.6. The van der Waals surface area contributed by atoms with Crippen LogP contribution in [-0.4, -0.2) is 27.8 Å². The van der Waals surface area contributed by atoms with Crippen LogP contribution in [0.25, 0.3) is 0 Å². The van der Waals surface area contributed by atoms with E-state index in [4.69, 9.17) is 4.84 Å². The summed E-state index contributed by atoms with van der Waals surface area (Å²) in [6.07, 6.45) is 3.08. The van der Waals surface area contributed by atoms with Crippen LogP contribution in [0, 0.1) is 6.92 Å². The third kappa shape index (κ3) is 1.70. The fraction of sp³-hybridized carbons (Fsp3) is 0.0714. The first kappa shape index (κ1) is 12.2. The number of aromatic nitrogens is 1. The highest BCUT2D eigenvalue weighted by atomic mass is 16.7. The van der Waals surface area contributed by atoms with E-state index in [1.807, 2.05) is 0 Å². The van der Waals surface area contributed by atoms with E-state index >= 15 is 0 Å². The largest absolute Gasteiger partial charge is 0.367 e. The quantitative estimate of drug-likeness (QED) is 0.842. The lowest BCUT2D eigenvalue weighted by atomic mass is 10.1. The van der Waals surface area contributed by atoms with E-state index in [0.717, 1.165) is 0 Å². The average molecular weight is 270 g/mol. The van der Waals surface area contributed by atoms with E-state index < -0.39 is 17.8 Å². The summed E-state index contributed by atoms with van der Waals surface area (Å²) in [7, 11) is 0. The molecule has 1 aliphatic heterocycles. The molecule has 1 N–H and O–H groups in total. The topological polar surface area (TPSA) is 79.5 Å². The fourth-order valence-corrected chi connectivity index (χ4v) is 2.04. The van der Waals surface area contributed by atoms with Crippen molar-refractivity contribution < 1.29 is 19.2 Å². The number of amides is 2. The number of hydrogen-bond donors (Lipinski definition) is 1. The number of carbonyl (C=O) groups excluding carboxylic acids is 3. The van der Waals surface area contributed by atoms with Gasteiger partial charge in [-0.25, -0.2) is 4.79 Å². The highest BCUT2D eigenvalue weighted by Crippen LogP contribution is 2.23. The van der Waals surface area contributed by atoms with Gasteiger partial charge in [0, 0.05) is 12.4 Å². The molecule has 2 aromatic rings. The number of aryl methyl sites for hydroxylation is 1. The van der Waals surface area contributed by atoms with Crippen LogP contribution < -0.4 is 0 Å². The van der Waals surface area contributed by atoms with Crippen molar-refractivity contribution in [1.29, 1.82) is 0 Å². The predicted octanol–water partition coefficient (Wildman–Crippen LogP) is 1.69. The second-order valence-electron chi connectivity index (χ2n) is 4.38. The van der Waals surface area contributed by atoms with Gasteiger partial charge in [0.15, 0.2) is 0 Å². The summed E-state index contributed by atoms with van der Waals surface area (Å²) >= 11 is 0. The lowest BCUT2D eigenvalue weighted by Crippen LogP contribution is -2.32. The molecule has 2 heterocycles. The number of nitrogens with zero attached hydrogens (tertiary/aromatic N) is 1.